The van der Waals surface area contributed by atoms with Crippen molar-refractivity contribution in [3.8, 4) is 0 Å². The standard InChI is InChI=1S/C17H22N4O2/c1-2-10-21-15(22)5-3-6-17(21)7-4-11-20(13-17)16(23)14-12-18-8-9-19-14/h2,8-9,12H,1,3-7,10-11,13H2/t17-/m0/s1. The maximum Gasteiger partial charge on any atom is 0.274 e. The molecule has 0 saturated carbocycles. The highest BCUT2D eigenvalue weighted by atomic mass is 16.2. The minimum atomic E-state index is -0.250. The van der Waals surface area contributed by atoms with Crippen LogP contribution < -0.4 is 0 Å². The quantitative estimate of drug-likeness (QED) is 0.796. The summed E-state index contributed by atoms with van der Waals surface area (Å²) in [4.78, 5) is 36.9. The molecule has 0 bridgehead atoms. The molecule has 0 radical (unpaired) electrons. The van der Waals surface area contributed by atoms with E-state index in [1.807, 2.05) is 9.80 Å². The van der Waals surface area contributed by atoms with Crippen molar-refractivity contribution in [2.75, 3.05) is 19.6 Å². The van der Waals surface area contributed by atoms with Crippen LogP contribution in [-0.4, -0.2) is 56.8 Å². The van der Waals surface area contributed by atoms with Crippen molar-refractivity contribution in [3.05, 3.63) is 36.9 Å². The number of nitrogens with zero attached hydrogens (tertiary/aromatic N) is 4. The third-order valence-electron chi connectivity index (χ3n) is 4.84. The van der Waals surface area contributed by atoms with Crippen LogP contribution >= 0.6 is 0 Å². The van der Waals surface area contributed by atoms with Crippen molar-refractivity contribution < 1.29 is 9.59 Å². The van der Waals surface area contributed by atoms with Gasteiger partial charge in [-0.1, -0.05) is 6.08 Å². The lowest BCUT2D eigenvalue weighted by atomic mass is 9.79. The average Bonchev–Trinajstić information content (AvgIpc) is 2.59. The largest absolute Gasteiger partial charge is 0.335 e. The highest BCUT2D eigenvalue weighted by Crippen LogP contribution is 2.36. The van der Waals surface area contributed by atoms with E-state index in [1.54, 1.807) is 12.3 Å². The van der Waals surface area contributed by atoms with Gasteiger partial charge in [-0.25, -0.2) is 4.98 Å². The zero-order valence-electron chi connectivity index (χ0n) is 13.3. The maximum absolute atomic E-state index is 12.7. The minimum Gasteiger partial charge on any atom is -0.335 e. The molecular weight excluding hydrogens is 292 g/mol. The summed E-state index contributed by atoms with van der Waals surface area (Å²) in [6, 6.07) is 0. The summed E-state index contributed by atoms with van der Waals surface area (Å²) in [7, 11) is 0. The molecule has 1 spiro atoms. The van der Waals surface area contributed by atoms with Crippen LogP contribution in [0.1, 0.15) is 42.6 Å². The summed E-state index contributed by atoms with van der Waals surface area (Å²) in [6.07, 6.45) is 10.6. The fourth-order valence-corrected chi connectivity index (χ4v) is 3.81. The van der Waals surface area contributed by atoms with Crippen molar-refractivity contribution in [1.29, 1.82) is 0 Å². The number of amides is 2. The molecule has 6 nitrogen and oxygen atoms in total. The van der Waals surface area contributed by atoms with Crippen LogP contribution in [0, 0.1) is 0 Å². The lowest BCUT2D eigenvalue weighted by molar-refractivity contribution is -0.143. The molecule has 1 aromatic rings. The van der Waals surface area contributed by atoms with Crippen molar-refractivity contribution in [1.82, 2.24) is 19.8 Å². The number of aromatic nitrogens is 2. The minimum absolute atomic E-state index is 0.103. The highest BCUT2D eigenvalue weighted by molar-refractivity contribution is 5.92. The van der Waals surface area contributed by atoms with Gasteiger partial charge >= 0.3 is 0 Å². The van der Waals surface area contributed by atoms with E-state index in [1.165, 1.54) is 12.4 Å². The summed E-state index contributed by atoms with van der Waals surface area (Å²) in [5.74, 6) is 0.0682. The normalized spacial score (nSPS) is 24.8. The zero-order valence-corrected chi connectivity index (χ0v) is 13.3. The Balaban J connectivity index is 1.82. The first kappa shape index (κ1) is 15.6. The molecular formula is C17H22N4O2. The Hall–Kier alpha value is -2.24. The van der Waals surface area contributed by atoms with Crippen LogP contribution in [0.4, 0.5) is 0 Å². The molecule has 2 aliphatic heterocycles. The molecule has 3 heterocycles. The van der Waals surface area contributed by atoms with Crippen molar-refractivity contribution >= 4 is 11.8 Å². The molecule has 6 heteroatoms. The molecule has 23 heavy (non-hydrogen) atoms. The molecule has 2 saturated heterocycles. The molecule has 2 aliphatic rings. The fraction of sp³-hybridized carbons (Fsp3) is 0.529. The van der Waals surface area contributed by atoms with E-state index in [-0.39, 0.29) is 17.4 Å². The third-order valence-corrected chi connectivity index (χ3v) is 4.84. The van der Waals surface area contributed by atoms with Crippen LogP contribution in [0.2, 0.25) is 0 Å². The van der Waals surface area contributed by atoms with Gasteiger partial charge in [-0.05, 0) is 25.7 Å². The summed E-state index contributed by atoms with van der Waals surface area (Å²) >= 11 is 0. The first-order chi connectivity index (χ1) is 11.2. The average molecular weight is 314 g/mol. The van der Waals surface area contributed by atoms with E-state index in [0.717, 1.165) is 25.7 Å². The number of carbonyl (C=O) groups is 2. The second-order valence-corrected chi connectivity index (χ2v) is 6.29. The predicted octanol–water partition coefficient (Wildman–Crippen LogP) is 1.65. The van der Waals surface area contributed by atoms with Crippen LogP contribution in [-0.2, 0) is 4.79 Å². The zero-order chi connectivity index (χ0) is 16.3. The monoisotopic (exact) mass is 314 g/mol. The maximum atomic E-state index is 12.7. The van der Waals surface area contributed by atoms with Gasteiger partial charge in [0.15, 0.2) is 0 Å². The van der Waals surface area contributed by atoms with Gasteiger partial charge in [0.25, 0.3) is 5.91 Å². The molecule has 3 rings (SSSR count). The van der Waals surface area contributed by atoms with Gasteiger partial charge < -0.3 is 9.80 Å². The van der Waals surface area contributed by atoms with Gasteiger partial charge in [0.1, 0.15) is 5.69 Å². The first-order valence-corrected chi connectivity index (χ1v) is 8.13. The molecule has 0 unspecified atom stereocenters. The SMILES string of the molecule is C=CCN1C(=O)CCC[C@@]12CCCN(C(=O)c1cnccn1)C2. The number of rotatable bonds is 3. The smallest absolute Gasteiger partial charge is 0.274 e. The van der Waals surface area contributed by atoms with Crippen LogP contribution in [0.25, 0.3) is 0 Å². The summed E-state index contributed by atoms with van der Waals surface area (Å²) in [5.41, 5.74) is 0.113. The van der Waals surface area contributed by atoms with E-state index in [2.05, 4.69) is 16.5 Å². The number of carbonyl (C=O) groups excluding carboxylic acids is 2. The van der Waals surface area contributed by atoms with Crippen LogP contribution in [0.5, 0.6) is 0 Å². The first-order valence-electron chi connectivity index (χ1n) is 8.13. The van der Waals surface area contributed by atoms with Crippen LogP contribution in [0.15, 0.2) is 31.2 Å². The van der Waals surface area contributed by atoms with E-state index >= 15 is 0 Å². The molecule has 0 aliphatic carbocycles. The Morgan fingerprint density at radius 3 is 2.91 bits per heavy atom. The Morgan fingerprint density at radius 2 is 2.17 bits per heavy atom. The summed E-state index contributed by atoms with van der Waals surface area (Å²) in [5, 5.41) is 0. The number of hydrogen-bond donors (Lipinski definition) is 0. The number of hydrogen-bond acceptors (Lipinski definition) is 4. The second-order valence-electron chi connectivity index (χ2n) is 6.29. The van der Waals surface area contributed by atoms with Crippen LogP contribution in [0.3, 0.4) is 0 Å². The Bertz CT molecular complexity index is 600. The van der Waals surface area contributed by atoms with Gasteiger partial charge in [-0.3, -0.25) is 14.6 Å². The Labute approximate surface area is 136 Å². The number of likely N-dealkylation sites (tertiary alicyclic amines) is 2. The van der Waals surface area contributed by atoms with Gasteiger partial charge in [0.2, 0.25) is 5.91 Å². The predicted molar refractivity (Wildman–Crippen MR) is 85.7 cm³/mol. The molecule has 2 fully saturated rings. The molecule has 1 atom stereocenters. The third kappa shape index (κ3) is 2.98. The molecule has 0 aromatic carbocycles. The molecule has 122 valence electrons. The van der Waals surface area contributed by atoms with Crippen molar-refractivity contribution in [2.24, 2.45) is 0 Å². The Morgan fingerprint density at radius 1 is 1.35 bits per heavy atom. The highest BCUT2D eigenvalue weighted by Gasteiger charge is 2.45. The Kier molecular flexibility index (Phi) is 4.41. The lowest BCUT2D eigenvalue weighted by Gasteiger charge is -2.51. The summed E-state index contributed by atoms with van der Waals surface area (Å²) in [6.45, 7) is 5.60. The second kappa shape index (κ2) is 6.48. The van der Waals surface area contributed by atoms with E-state index in [0.29, 0.717) is 31.7 Å². The van der Waals surface area contributed by atoms with E-state index in [4.69, 9.17) is 0 Å². The number of piperidine rings is 2. The summed E-state index contributed by atoms with van der Waals surface area (Å²) < 4.78 is 0. The van der Waals surface area contributed by atoms with Gasteiger partial charge in [0.05, 0.1) is 11.7 Å². The lowest BCUT2D eigenvalue weighted by Crippen LogP contribution is -2.63. The fourth-order valence-electron chi connectivity index (χ4n) is 3.81. The van der Waals surface area contributed by atoms with Gasteiger partial charge in [-0.15, -0.1) is 6.58 Å². The van der Waals surface area contributed by atoms with E-state index < -0.39 is 0 Å². The topological polar surface area (TPSA) is 66.4 Å². The van der Waals surface area contributed by atoms with Crippen molar-refractivity contribution in [2.45, 2.75) is 37.6 Å². The van der Waals surface area contributed by atoms with Gasteiger partial charge in [-0.2, -0.15) is 0 Å². The van der Waals surface area contributed by atoms with E-state index in [9.17, 15) is 9.59 Å². The van der Waals surface area contributed by atoms with Gasteiger partial charge in [0, 0.05) is 38.4 Å². The molecule has 0 N–H and O–H groups in total. The molecule has 2 amide bonds. The molecule has 1 aromatic heterocycles. The van der Waals surface area contributed by atoms with Crippen molar-refractivity contribution in [3.63, 3.8) is 0 Å².